The highest BCUT2D eigenvalue weighted by Gasteiger charge is 2.20. The third-order valence-corrected chi connectivity index (χ3v) is 4.85. The van der Waals surface area contributed by atoms with Crippen molar-refractivity contribution in [2.45, 2.75) is 17.3 Å². The van der Waals surface area contributed by atoms with Gasteiger partial charge in [-0.1, -0.05) is 23.9 Å². The normalized spacial score (nSPS) is 13.4. The average molecular weight is 386 g/mol. The van der Waals surface area contributed by atoms with Crippen LogP contribution in [-0.2, 0) is 4.79 Å². The highest BCUT2D eigenvalue weighted by Crippen LogP contribution is 2.34. The molecule has 1 aromatic heterocycles. The number of halogens is 1. The molecule has 4 rings (SSSR count). The summed E-state index contributed by atoms with van der Waals surface area (Å²) in [5.74, 6) is 0.960. The largest absolute Gasteiger partial charge is 0.454 e. The molecular formula is C18H15FN4O3S. The SMILES string of the molecule is C[C@@H](Sc1n[nH]c(-c2ccccc2F)n1)C(=O)Nc1ccc2c(c1)OCO2. The minimum atomic E-state index is -0.459. The van der Waals surface area contributed by atoms with E-state index in [1.54, 1.807) is 43.3 Å². The lowest BCUT2D eigenvalue weighted by Crippen LogP contribution is -2.22. The number of fused-ring (bicyclic) bond motifs is 1. The van der Waals surface area contributed by atoms with Crippen LogP contribution in [0.4, 0.5) is 10.1 Å². The second-order valence-electron chi connectivity index (χ2n) is 5.76. The van der Waals surface area contributed by atoms with E-state index in [2.05, 4.69) is 20.5 Å². The lowest BCUT2D eigenvalue weighted by molar-refractivity contribution is -0.115. The lowest BCUT2D eigenvalue weighted by Gasteiger charge is -2.10. The van der Waals surface area contributed by atoms with Crippen molar-refractivity contribution in [3.05, 3.63) is 48.3 Å². The van der Waals surface area contributed by atoms with E-state index in [0.717, 1.165) is 0 Å². The van der Waals surface area contributed by atoms with Crippen molar-refractivity contribution in [1.82, 2.24) is 15.2 Å². The fourth-order valence-electron chi connectivity index (χ4n) is 2.50. The average Bonchev–Trinajstić information content (AvgIpc) is 3.31. The number of aromatic nitrogens is 3. The van der Waals surface area contributed by atoms with Gasteiger partial charge in [-0.25, -0.2) is 9.37 Å². The highest BCUT2D eigenvalue weighted by molar-refractivity contribution is 8.00. The smallest absolute Gasteiger partial charge is 0.237 e. The molecule has 27 heavy (non-hydrogen) atoms. The number of H-pyrrole nitrogens is 1. The zero-order valence-electron chi connectivity index (χ0n) is 14.2. The van der Waals surface area contributed by atoms with Crippen LogP contribution >= 0.6 is 11.8 Å². The number of carbonyl (C=O) groups excluding carboxylic acids is 1. The number of benzene rings is 2. The molecule has 1 aliphatic rings. The molecule has 0 spiro atoms. The van der Waals surface area contributed by atoms with Gasteiger partial charge in [0, 0.05) is 11.8 Å². The number of nitrogens with zero attached hydrogens (tertiary/aromatic N) is 2. The molecule has 0 radical (unpaired) electrons. The summed E-state index contributed by atoms with van der Waals surface area (Å²) in [4.78, 5) is 16.7. The maximum absolute atomic E-state index is 13.8. The van der Waals surface area contributed by atoms with Crippen molar-refractivity contribution in [2.24, 2.45) is 0 Å². The second-order valence-corrected chi connectivity index (χ2v) is 7.07. The predicted molar refractivity (Wildman–Crippen MR) is 98.3 cm³/mol. The number of thioether (sulfide) groups is 1. The number of rotatable bonds is 5. The summed E-state index contributed by atoms with van der Waals surface area (Å²) in [7, 11) is 0. The van der Waals surface area contributed by atoms with Crippen LogP contribution in [-0.4, -0.2) is 33.1 Å². The number of anilines is 1. The van der Waals surface area contributed by atoms with E-state index in [1.165, 1.54) is 17.8 Å². The molecule has 2 aromatic carbocycles. The number of hydrogen-bond acceptors (Lipinski definition) is 6. The maximum atomic E-state index is 13.8. The summed E-state index contributed by atoms with van der Waals surface area (Å²) < 4.78 is 24.4. The molecule has 3 aromatic rings. The second kappa shape index (κ2) is 7.28. The predicted octanol–water partition coefficient (Wildman–Crippen LogP) is 3.46. The Balaban J connectivity index is 1.41. The van der Waals surface area contributed by atoms with Gasteiger partial charge < -0.3 is 14.8 Å². The van der Waals surface area contributed by atoms with Gasteiger partial charge in [-0.3, -0.25) is 9.89 Å². The molecule has 1 atom stereocenters. The van der Waals surface area contributed by atoms with E-state index < -0.39 is 11.1 Å². The van der Waals surface area contributed by atoms with E-state index in [0.29, 0.717) is 33.7 Å². The van der Waals surface area contributed by atoms with Gasteiger partial charge in [0.25, 0.3) is 0 Å². The van der Waals surface area contributed by atoms with Gasteiger partial charge in [0.2, 0.25) is 17.9 Å². The Bertz CT molecular complexity index is 994. The van der Waals surface area contributed by atoms with Gasteiger partial charge in [0.15, 0.2) is 17.3 Å². The van der Waals surface area contributed by atoms with Crippen LogP contribution in [0.3, 0.4) is 0 Å². The van der Waals surface area contributed by atoms with Gasteiger partial charge in [-0.05, 0) is 31.2 Å². The standard InChI is InChI=1S/C18H15FN4O3S/c1-10(17(24)20-11-6-7-14-15(8-11)26-9-25-14)27-18-21-16(22-23-18)12-4-2-3-5-13(12)19/h2-8,10H,9H2,1H3,(H,20,24)(H,21,22,23)/t10-/m1/s1. The first-order valence-corrected chi connectivity index (χ1v) is 9.02. The molecule has 0 saturated heterocycles. The summed E-state index contributed by atoms with van der Waals surface area (Å²) in [6.07, 6.45) is 0. The van der Waals surface area contributed by atoms with Crippen LogP contribution in [0, 0.1) is 5.82 Å². The Kier molecular flexibility index (Phi) is 4.68. The fraction of sp³-hybridized carbons (Fsp3) is 0.167. The maximum Gasteiger partial charge on any atom is 0.237 e. The van der Waals surface area contributed by atoms with Gasteiger partial charge in [-0.15, -0.1) is 5.10 Å². The van der Waals surface area contributed by atoms with Crippen molar-refractivity contribution in [2.75, 3.05) is 12.1 Å². The molecule has 9 heteroatoms. The zero-order chi connectivity index (χ0) is 18.8. The Hall–Kier alpha value is -3.07. The van der Waals surface area contributed by atoms with Crippen LogP contribution in [0.2, 0.25) is 0 Å². The number of carbonyl (C=O) groups is 1. The molecule has 7 nitrogen and oxygen atoms in total. The molecule has 2 heterocycles. The monoisotopic (exact) mass is 386 g/mol. The van der Waals surface area contributed by atoms with Crippen LogP contribution in [0.5, 0.6) is 11.5 Å². The van der Waals surface area contributed by atoms with Gasteiger partial charge in [0.05, 0.1) is 10.8 Å². The molecule has 0 unspecified atom stereocenters. The third-order valence-electron chi connectivity index (χ3n) is 3.89. The topological polar surface area (TPSA) is 89.1 Å². The quantitative estimate of drug-likeness (QED) is 0.653. The van der Waals surface area contributed by atoms with E-state index >= 15 is 0 Å². The van der Waals surface area contributed by atoms with Crippen molar-refractivity contribution in [3.8, 4) is 22.9 Å². The van der Waals surface area contributed by atoms with E-state index in [9.17, 15) is 9.18 Å². The third kappa shape index (κ3) is 3.72. The molecule has 1 amide bonds. The first-order chi connectivity index (χ1) is 13.1. The molecule has 0 aliphatic carbocycles. The van der Waals surface area contributed by atoms with Crippen molar-refractivity contribution in [1.29, 1.82) is 0 Å². The minimum absolute atomic E-state index is 0.175. The van der Waals surface area contributed by atoms with Crippen molar-refractivity contribution in [3.63, 3.8) is 0 Å². The summed E-state index contributed by atoms with van der Waals surface area (Å²) in [5, 5.41) is 9.48. The molecular weight excluding hydrogens is 371 g/mol. The molecule has 1 aliphatic heterocycles. The number of hydrogen-bond donors (Lipinski definition) is 2. The first kappa shape index (κ1) is 17.3. The van der Waals surface area contributed by atoms with Crippen molar-refractivity contribution < 1.29 is 18.7 Å². The molecule has 2 N–H and O–H groups in total. The minimum Gasteiger partial charge on any atom is -0.454 e. The number of aromatic amines is 1. The Morgan fingerprint density at radius 3 is 2.93 bits per heavy atom. The summed E-state index contributed by atoms with van der Waals surface area (Å²) in [6.45, 7) is 1.92. The highest BCUT2D eigenvalue weighted by atomic mass is 32.2. The van der Waals surface area contributed by atoms with Gasteiger partial charge >= 0.3 is 0 Å². The van der Waals surface area contributed by atoms with E-state index in [1.807, 2.05) is 0 Å². The van der Waals surface area contributed by atoms with E-state index in [4.69, 9.17) is 9.47 Å². The molecule has 0 bridgehead atoms. The summed E-state index contributed by atoms with van der Waals surface area (Å²) >= 11 is 1.17. The number of nitrogens with one attached hydrogen (secondary N) is 2. The van der Waals surface area contributed by atoms with Crippen LogP contribution in [0.15, 0.2) is 47.6 Å². The van der Waals surface area contributed by atoms with Crippen molar-refractivity contribution >= 4 is 23.4 Å². The Morgan fingerprint density at radius 1 is 1.26 bits per heavy atom. The summed E-state index contributed by atoms with van der Waals surface area (Å²) in [5.41, 5.74) is 0.938. The number of amides is 1. The van der Waals surface area contributed by atoms with E-state index in [-0.39, 0.29) is 12.7 Å². The summed E-state index contributed by atoms with van der Waals surface area (Å²) in [6, 6.07) is 11.5. The van der Waals surface area contributed by atoms with Crippen LogP contribution in [0.25, 0.3) is 11.4 Å². The molecule has 138 valence electrons. The van der Waals surface area contributed by atoms with Gasteiger partial charge in [-0.2, -0.15) is 0 Å². The lowest BCUT2D eigenvalue weighted by atomic mass is 10.2. The fourth-order valence-corrected chi connectivity index (χ4v) is 3.23. The van der Waals surface area contributed by atoms with Crippen LogP contribution < -0.4 is 14.8 Å². The Morgan fingerprint density at radius 2 is 2.07 bits per heavy atom. The Labute approximate surface area is 158 Å². The molecule has 0 saturated carbocycles. The van der Waals surface area contributed by atoms with Crippen LogP contribution in [0.1, 0.15) is 6.92 Å². The molecule has 0 fully saturated rings. The first-order valence-electron chi connectivity index (χ1n) is 8.14. The number of ether oxygens (including phenoxy) is 2. The van der Waals surface area contributed by atoms with Gasteiger partial charge in [0.1, 0.15) is 5.82 Å². The zero-order valence-corrected chi connectivity index (χ0v) is 15.0.